The highest BCUT2D eigenvalue weighted by Crippen LogP contribution is 2.35. The van der Waals surface area contributed by atoms with E-state index in [1.54, 1.807) is 44.4 Å². The number of nitrogens with zero attached hydrogens (tertiary/aromatic N) is 3. The van der Waals surface area contributed by atoms with Crippen molar-refractivity contribution in [1.29, 1.82) is 0 Å². The predicted molar refractivity (Wildman–Crippen MR) is 139 cm³/mol. The molecule has 0 spiro atoms. The fraction of sp³-hybridized carbons (Fsp3) is 0.400. The molecule has 4 aromatic rings. The molecule has 0 radical (unpaired) electrons. The molecule has 2 aromatic carbocycles. The maximum atomic E-state index is 14.2. The highest BCUT2D eigenvalue weighted by Gasteiger charge is 2.36. The second kappa shape index (κ2) is 9.79. The van der Waals surface area contributed by atoms with E-state index in [4.69, 9.17) is 9.47 Å². The van der Waals surface area contributed by atoms with Gasteiger partial charge in [-0.1, -0.05) is 25.3 Å². The topological polar surface area (TPSA) is 114 Å². The molecule has 11 heteroatoms. The first-order chi connectivity index (χ1) is 17.3. The molecule has 1 saturated carbocycles. The normalized spacial score (nSPS) is 15.1. The smallest absolute Gasteiger partial charge is 0.252 e. The van der Waals surface area contributed by atoms with Gasteiger partial charge in [0, 0.05) is 29.6 Å². The molecule has 1 fully saturated rings. The first-order valence-electron chi connectivity index (χ1n) is 11.8. The summed E-state index contributed by atoms with van der Waals surface area (Å²) in [7, 11) is -0.903. The maximum absolute atomic E-state index is 14.2. The summed E-state index contributed by atoms with van der Waals surface area (Å²) < 4.78 is 49.3. The van der Waals surface area contributed by atoms with Crippen LogP contribution in [0.4, 0.5) is 0 Å². The van der Waals surface area contributed by atoms with Crippen LogP contribution in [0, 0.1) is 6.92 Å². The second-order valence-electron chi connectivity index (χ2n) is 9.10. The van der Waals surface area contributed by atoms with E-state index in [1.807, 2.05) is 0 Å². The van der Waals surface area contributed by atoms with Crippen molar-refractivity contribution >= 4 is 43.7 Å². The summed E-state index contributed by atoms with van der Waals surface area (Å²) in [5, 5.41) is 0.727. The molecule has 2 heterocycles. The Morgan fingerprint density at radius 1 is 1.06 bits per heavy atom. The van der Waals surface area contributed by atoms with E-state index >= 15 is 0 Å². The molecule has 190 valence electrons. The lowest BCUT2D eigenvalue weighted by atomic mass is 9.95. The Morgan fingerprint density at radius 3 is 2.50 bits per heavy atom. The Bertz CT molecular complexity index is 1590. The number of hydrogen-bond acceptors (Lipinski definition) is 8. The molecule has 0 bridgehead atoms. The summed E-state index contributed by atoms with van der Waals surface area (Å²) in [6.07, 6.45) is 4.47. The van der Waals surface area contributed by atoms with Crippen LogP contribution in [0.3, 0.4) is 0 Å². The average Bonchev–Trinajstić information content (AvgIpc) is 3.35. The number of ether oxygens (including phenoxy) is 2. The van der Waals surface area contributed by atoms with Gasteiger partial charge in [-0.15, -0.1) is 0 Å². The minimum atomic E-state index is -3.98. The van der Waals surface area contributed by atoms with Gasteiger partial charge in [-0.25, -0.2) is 8.42 Å². The zero-order valence-electron chi connectivity index (χ0n) is 20.4. The molecule has 1 N–H and O–H groups in total. The SMILES string of the molecule is COc1cc2cc(CN(C3CCCCC3)S(=O)(=O)c3c(C)ccc4nsnc34)c(=O)[nH]c2cc1OC. The van der Waals surface area contributed by atoms with Crippen molar-refractivity contribution in [3.8, 4) is 11.5 Å². The first-order valence-corrected chi connectivity index (χ1v) is 14.0. The summed E-state index contributed by atoms with van der Waals surface area (Å²) in [5.74, 6) is 1.03. The van der Waals surface area contributed by atoms with E-state index in [2.05, 4.69) is 13.7 Å². The highest BCUT2D eigenvalue weighted by atomic mass is 32.2. The summed E-state index contributed by atoms with van der Waals surface area (Å²) in [4.78, 5) is 16.2. The number of H-pyrrole nitrogens is 1. The lowest BCUT2D eigenvalue weighted by Crippen LogP contribution is -2.42. The number of aromatic nitrogens is 3. The minimum Gasteiger partial charge on any atom is -0.493 e. The predicted octanol–water partition coefficient (Wildman–Crippen LogP) is 4.38. The zero-order chi connectivity index (χ0) is 25.4. The third-order valence-electron chi connectivity index (χ3n) is 6.88. The number of rotatable bonds is 7. The van der Waals surface area contributed by atoms with E-state index in [0.717, 1.165) is 49.2 Å². The fourth-order valence-corrected chi connectivity index (χ4v) is 7.63. The molecule has 0 aliphatic heterocycles. The van der Waals surface area contributed by atoms with Gasteiger partial charge < -0.3 is 14.5 Å². The van der Waals surface area contributed by atoms with Crippen LogP contribution in [0.5, 0.6) is 11.5 Å². The molecule has 0 atom stereocenters. The van der Waals surface area contributed by atoms with Gasteiger partial charge in [-0.3, -0.25) is 4.79 Å². The van der Waals surface area contributed by atoms with Gasteiger partial charge in [-0.2, -0.15) is 13.1 Å². The monoisotopic (exact) mass is 528 g/mol. The zero-order valence-corrected chi connectivity index (χ0v) is 22.0. The van der Waals surface area contributed by atoms with Crippen LogP contribution in [0.1, 0.15) is 43.2 Å². The van der Waals surface area contributed by atoms with Crippen LogP contribution in [0.15, 0.2) is 40.0 Å². The number of benzene rings is 2. The van der Waals surface area contributed by atoms with Gasteiger partial charge in [0.05, 0.1) is 31.5 Å². The third kappa shape index (κ3) is 4.35. The summed E-state index contributed by atoms with van der Waals surface area (Å²) in [6, 6.07) is 8.56. The van der Waals surface area contributed by atoms with Crippen molar-refractivity contribution in [3.05, 3.63) is 51.8 Å². The summed E-state index contributed by atoms with van der Waals surface area (Å²) in [5.41, 5.74) is 2.16. The Balaban J connectivity index is 1.63. The van der Waals surface area contributed by atoms with E-state index in [0.29, 0.717) is 39.2 Å². The van der Waals surface area contributed by atoms with Crippen LogP contribution in [0.2, 0.25) is 0 Å². The molecular formula is C25H28N4O5S2. The Labute approximate surface area is 213 Å². The highest BCUT2D eigenvalue weighted by molar-refractivity contribution is 7.89. The molecule has 0 amide bonds. The van der Waals surface area contributed by atoms with E-state index < -0.39 is 10.0 Å². The van der Waals surface area contributed by atoms with Crippen LogP contribution >= 0.6 is 11.7 Å². The molecule has 1 aliphatic rings. The minimum absolute atomic E-state index is 0.0417. The number of aryl methyl sites for hydroxylation is 1. The molecule has 5 rings (SSSR count). The first kappa shape index (κ1) is 24.7. The van der Waals surface area contributed by atoms with Gasteiger partial charge in [-0.05, 0) is 43.5 Å². The maximum Gasteiger partial charge on any atom is 0.252 e. The van der Waals surface area contributed by atoms with Gasteiger partial charge in [0.2, 0.25) is 10.0 Å². The van der Waals surface area contributed by atoms with Crippen molar-refractivity contribution in [1.82, 2.24) is 18.0 Å². The number of nitrogens with one attached hydrogen (secondary N) is 1. The van der Waals surface area contributed by atoms with Crippen LogP contribution in [0.25, 0.3) is 21.9 Å². The van der Waals surface area contributed by atoms with Crippen LogP contribution < -0.4 is 15.0 Å². The van der Waals surface area contributed by atoms with Crippen molar-refractivity contribution in [2.75, 3.05) is 14.2 Å². The largest absolute Gasteiger partial charge is 0.493 e. The summed E-state index contributed by atoms with van der Waals surface area (Å²) in [6.45, 7) is 1.73. The third-order valence-corrected chi connectivity index (χ3v) is 9.50. The van der Waals surface area contributed by atoms with Crippen LogP contribution in [-0.2, 0) is 16.6 Å². The second-order valence-corrected chi connectivity index (χ2v) is 11.5. The van der Waals surface area contributed by atoms with Crippen molar-refractivity contribution in [2.45, 2.75) is 56.5 Å². The van der Waals surface area contributed by atoms with Crippen molar-refractivity contribution < 1.29 is 17.9 Å². The molecule has 0 unspecified atom stereocenters. The van der Waals surface area contributed by atoms with Gasteiger partial charge in [0.25, 0.3) is 5.56 Å². The van der Waals surface area contributed by atoms with Gasteiger partial charge in [0.1, 0.15) is 15.9 Å². The Kier molecular flexibility index (Phi) is 6.71. The van der Waals surface area contributed by atoms with Gasteiger partial charge >= 0.3 is 0 Å². The standard InChI is InChI=1S/C25H28N4O5S2/c1-15-9-10-19-23(28-35-27-19)24(15)36(31,32)29(18-7-5-4-6-8-18)14-17-11-16-12-21(33-2)22(34-3)13-20(16)26-25(17)30/h9-13,18H,4-8,14H2,1-3H3,(H,26,30). The summed E-state index contributed by atoms with van der Waals surface area (Å²) >= 11 is 0.993. The number of aromatic amines is 1. The molecule has 1 aliphatic carbocycles. The van der Waals surface area contributed by atoms with E-state index in [9.17, 15) is 13.2 Å². The fourth-order valence-electron chi connectivity index (χ4n) is 5.01. The quantitative estimate of drug-likeness (QED) is 0.378. The molecule has 0 saturated heterocycles. The van der Waals surface area contributed by atoms with Crippen molar-refractivity contribution in [2.24, 2.45) is 0 Å². The average molecular weight is 529 g/mol. The lowest BCUT2D eigenvalue weighted by molar-refractivity contribution is 0.247. The number of fused-ring (bicyclic) bond motifs is 2. The van der Waals surface area contributed by atoms with Crippen molar-refractivity contribution in [3.63, 3.8) is 0 Å². The van der Waals surface area contributed by atoms with E-state index in [1.165, 1.54) is 11.4 Å². The number of pyridine rings is 1. The van der Waals surface area contributed by atoms with E-state index in [-0.39, 0.29) is 23.0 Å². The molecular weight excluding hydrogens is 500 g/mol. The number of sulfonamides is 1. The number of methoxy groups -OCH3 is 2. The molecule has 36 heavy (non-hydrogen) atoms. The van der Waals surface area contributed by atoms with Gasteiger partial charge in [0.15, 0.2) is 11.5 Å². The van der Waals surface area contributed by atoms with Crippen LogP contribution in [-0.4, -0.2) is 46.7 Å². The number of hydrogen-bond donors (Lipinski definition) is 1. The molecule has 9 nitrogen and oxygen atoms in total. The molecule has 2 aromatic heterocycles. The lowest BCUT2D eigenvalue weighted by Gasteiger charge is -2.33. The Morgan fingerprint density at radius 2 is 1.78 bits per heavy atom. The Hall–Kier alpha value is -3.02.